The summed E-state index contributed by atoms with van der Waals surface area (Å²) < 4.78 is 1.73. The molecule has 2 aromatic heterocycles. The molecule has 0 aliphatic rings. The average Bonchev–Trinajstić information content (AvgIpc) is 3.30. The Labute approximate surface area is 160 Å². The van der Waals surface area contributed by atoms with Crippen LogP contribution in [0.15, 0.2) is 30.6 Å². The average molecular weight is 387 g/mol. The normalized spacial score (nSPS) is 10.8. The molecule has 0 spiro atoms. The third-order valence-electron chi connectivity index (χ3n) is 4.03. The number of hydrogen-bond acceptors (Lipinski definition) is 7. The van der Waals surface area contributed by atoms with Crippen LogP contribution in [-0.4, -0.2) is 37.5 Å². The molecule has 4 N–H and O–H groups in total. The molecule has 27 heavy (non-hydrogen) atoms. The van der Waals surface area contributed by atoms with Gasteiger partial charge in [0.1, 0.15) is 10.6 Å². The number of carbonyl (C=O) groups excluding carboxylic acids is 1. The second-order valence-corrected chi connectivity index (χ2v) is 7.08. The van der Waals surface area contributed by atoms with Crippen LogP contribution < -0.4 is 10.6 Å². The van der Waals surface area contributed by atoms with Gasteiger partial charge in [0.2, 0.25) is 0 Å². The fraction of sp³-hybridized carbons (Fsp3) is 0.278. The zero-order valence-corrected chi connectivity index (χ0v) is 15.9. The number of phenolic OH excluding ortho intramolecular Hbond substituents is 1. The lowest BCUT2D eigenvalue weighted by molar-refractivity contribution is 0.103. The minimum atomic E-state index is -0.286. The first-order chi connectivity index (χ1) is 13.0. The van der Waals surface area contributed by atoms with Gasteiger partial charge in [0.25, 0.3) is 5.91 Å². The number of rotatable bonds is 7. The smallest absolute Gasteiger partial charge is 0.267 e. The summed E-state index contributed by atoms with van der Waals surface area (Å²) in [4.78, 5) is 17.2. The molecule has 0 atom stereocenters. The highest BCUT2D eigenvalue weighted by molar-refractivity contribution is 7.17. The summed E-state index contributed by atoms with van der Waals surface area (Å²) in [7, 11) is 0. The standard InChI is InChI=1S/C18H21N5O3S/c1-11-4-5-13(25)12(2)16(11)21-17(26)14-10-19-18(27-14)20-15-6-8-23(22-15)7-3-9-24/h4-6,8,10,24-25H,3,7,9H2,1-2H3,(H,21,26)(H,19,20,22). The summed E-state index contributed by atoms with van der Waals surface area (Å²) in [5.41, 5.74) is 2.10. The van der Waals surface area contributed by atoms with E-state index in [1.807, 2.05) is 13.1 Å². The van der Waals surface area contributed by atoms with Crippen LogP contribution in [0.25, 0.3) is 0 Å². The summed E-state index contributed by atoms with van der Waals surface area (Å²) in [5.74, 6) is 0.471. The number of aromatic hydroxyl groups is 1. The van der Waals surface area contributed by atoms with Gasteiger partial charge in [0.05, 0.1) is 11.9 Å². The van der Waals surface area contributed by atoms with Crippen LogP contribution in [0.3, 0.4) is 0 Å². The zero-order valence-electron chi connectivity index (χ0n) is 15.1. The summed E-state index contributed by atoms with van der Waals surface area (Å²) >= 11 is 1.21. The van der Waals surface area contributed by atoms with Gasteiger partial charge >= 0.3 is 0 Å². The summed E-state index contributed by atoms with van der Waals surface area (Å²) in [6.45, 7) is 4.37. The highest BCUT2D eigenvalue weighted by Crippen LogP contribution is 2.29. The van der Waals surface area contributed by atoms with E-state index in [-0.39, 0.29) is 18.3 Å². The number of phenols is 1. The van der Waals surface area contributed by atoms with Crippen molar-refractivity contribution in [1.29, 1.82) is 0 Å². The zero-order chi connectivity index (χ0) is 19.4. The SMILES string of the molecule is Cc1ccc(O)c(C)c1NC(=O)c1cnc(Nc2ccn(CCCO)n2)s1. The summed E-state index contributed by atoms with van der Waals surface area (Å²) in [5, 5.41) is 29.5. The van der Waals surface area contributed by atoms with Gasteiger partial charge in [-0.3, -0.25) is 9.48 Å². The number of amides is 1. The first kappa shape index (κ1) is 18.9. The highest BCUT2D eigenvalue weighted by Gasteiger charge is 2.15. The van der Waals surface area contributed by atoms with E-state index in [1.165, 1.54) is 17.5 Å². The van der Waals surface area contributed by atoms with Gasteiger partial charge in [0, 0.05) is 31.0 Å². The highest BCUT2D eigenvalue weighted by atomic mass is 32.1. The Hall–Kier alpha value is -2.91. The number of carbonyl (C=O) groups is 1. The van der Waals surface area contributed by atoms with Crippen LogP contribution in [0.1, 0.15) is 27.2 Å². The lowest BCUT2D eigenvalue weighted by Crippen LogP contribution is -2.12. The van der Waals surface area contributed by atoms with Gasteiger partial charge in [-0.1, -0.05) is 17.4 Å². The number of benzene rings is 1. The van der Waals surface area contributed by atoms with Crippen LogP contribution in [-0.2, 0) is 6.54 Å². The van der Waals surface area contributed by atoms with Gasteiger partial charge in [-0.2, -0.15) is 5.10 Å². The molecule has 3 rings (SSSR count). The van der Waals surface area contributed by atoms with Crippen LogP contribution in [0.2, 0.25) is 0 Å². The summed E-state index contributed by atoms with van der Waals surface area (Å²) in [6, 6.07) is 5.16. The molecular weight excluding hydrogens is 366 g/mol. The quantitative estimate of drug-likeness (QED) is 0.496. The Bertz CT molecular complexity index is 950. The molecule has 0 fully saturated rings. The topological polar surface area (TPSA) is 112 Å². The molecule has 0 radical (unpaired) electrons. The predicted octanol–water partition coefficient (Wildman–Crippen LogP) is 3.04. The Morgan fingerprint density at radius 3 is 2.89 bits per heavy atom. The van der Waals surface area contributed by atoms with Crippen LogP contribution in [0.5, 0.6) is 5.75 Å². The number of nitrogens with zero attached hydrogens (tertiary/aromatic N) is 3. The maximum Gasteiger partial charge on any atom is 0.267 e. The predicted molar refractivity (Wildman–Crippen MR) is 105 cm³/mol. The van der Waals surface area contributed by atoms with Gasteiger partial charge in [-0.25, -0.2) is 4.98 Å². The third-order valence-corrected chi connectivity index (χ3v) is 4.95. The maximum atomic E-state index is 12.5. The molecule has 0 aliphatic heterocycles. The molecule has 0 unspecified atom stereocenters. The lowest BCUT2D eigenvalue weighted by Gasteiger charge is -2.11. The molecule has 1 aromatic carbocycles. The van der Waals surface area contributed by atoms with Gasteiger partial charge < -0.3 is 20.8 Å². The van der Waals surface area contributed by atoms with Crippen molar-refractivity contribution in [3.63, 3.8) is 0 Å². The van der Waals surface area contributed by atoms with Crippen molar-refractivity contribution in [2.45, 2.75) is 26.8 Å². The molecular formula is C18H21N5O3S. The lowest BCUT2D eigenvalue weighted by atomic mass is 10.1. The van der Waals surface area contributed by atoms with Crippen molar-refractivity contribution in [1.82, 2.24) is 14.8 Å². The number of aliphatic hydroxyl groups is 1. The molecule has 0 saturated heterocycles. The molecule has 0 bridgehead atoms. The van der Waals surface area contributed by atoms with E-state index < -0.39 is 0 Å². The molecule has 2 heterocycles. The minimum Gasteiger partial charge on any atom is -0.508 e. The minimum absolute atomic E-state index is 0.117. The number of thiazole rings is 1. The second-order valence-electron chi connectivity index (χ2n) is 6.05. The van der Waals surface area contributed by atoms with E-state index in [2.05, 4.69) is 20.7 Å². The number of aryl methyl sites for hydroxylation is 2. The first-order valence-electron chi connectivity index (χ1n) is 8.45. The van der Waals surface area contributed by atoms with Gasteiger partial charge in [-0.15, -0.1) is 0 Å². The van der Waals surface area contributed by atoms with E-state index in [1.54, 1.807) is 29.8 Å². The van der Waals surface area contributed by atoms with E-state index in [0.29, 0.717) is 40.0 Å². The Morgan fingerprint density at radius 1 is 1.30 bits per heavy atom. The van der Waals surface area contributed by atoms with Crippen molar-refractivity contribution in [3.05, 3.63) is 46.6 Å². The van der Waals surface area contributed by atoms with Crippen LogP contribution in [0, 0.1) is 13.8 Å². The molecule has 142 valence electrons. The van der Waals surface area contributed by atoms with Crippen molar-refractivity contribution in [2.24, 2.45) is 0 Å². The second kappa shape index (κ2) is 8.19. The molecule has 1 amide bonds. The first-order valence-corrected chi connectivity index (χ1v) is 9.27. The van der Waals surface area contributed by atoms with E-state index in [9.17, 15) is 9.90 Å². The van der Waals surface area contributed by atoms with Gasteiger partial charge in [-0.05, 0) is 31.9 Å². The molecule has 3 aromatic rings. The Morgan fingerprint density at radius 2 is 2.11 bits per heavy atom. The van der Waals surface area contributed by atoms with Crippen LogP contribution >= 0.6 is 11.3 Å². The third kappa shape index (κ3) is 4.44. The number of aromatic nitrogens is 3. The largest absolute Gasteiger partial charge is 0.508 e. The van der Waals surface area contributed by atoms with E-state index >= 15 is 0 Å². The van der Waals surface area contributed by atoms with Crippen molar-refractivity contribution < 1.29 is 15.0 Å². The monoisotopic (exact) mass is 387 g/mol. The molecule has 0 aliphatic carbocycles. The maximum absolute atomic E-state index is 12.5. The number of hydrogen-bond donors (Lipinski definition) is 4. The van der Waals surface area contributed by atoms with E-state index in [0.717, 1.165) is 5.56 Å². The Balaban J connectivity index is 1.68. The van der Waals surface area contributed by atoms with Crippen molar-refractivity contribution >= 4 is 33.9 Å². The van der Waals surface area contributed by atoms with Crippen LogP contribution in [0.4, 0.5) is 16.6 Å². The van der Waals surface area contributed by atoms with Crippen molar-refractivity contribution in [3.8, 4) is 5.75 Å². The number of nitrogens with one attached hydrogen (secondary N) is 2. The molecule has 9 heteroatoms. The van der Waals surface area contributed by atoms with Gasteiger partial charge in [0.15, 0.2) is 10.9 Å². The number of anilines is 3. The molecule has 0 saturated carbocycles. The fourth-order valence-corrected chi connectivity index (χ4v) is 3.25. The molecule has 8 nitrogen and oxygen atoms in total. The Kier molecular flexibility index (Phi) is 5.72. The fourth-order valence-electron chi connectivity index (χ4n) is 2.54. The van der Waals surface area contributed by atoms with E-state index in [4.69, 9.17) is 5.11 Å². The number of aliphatic hydroxyl groups excluding tert-OH is 1. The van der Waals surface area contributed by atoms with Crippen molar-refractivity contribution in [2.75, 3.05) is 17.2 Å². The summed E-state index contributed by atoms with van der Waals surface area (Å²) in [6.07, 6.45) is 3.95.